The fourth-order valence-electron chi connectivity index (χ4n) is 1.37. The van der Waals surface area contributed by atoms with Crippen LogP contribution < -0.4 is 0 Å². The third-order valence-corrected chi connectivity index (χ3v) is 2.39. The summed E-state index contributed by atoms with van der Waals surface area (Å²) in [6.45, 7) is 0. The molecule has 17 heavy (non-hydrogen) atoms. The zero-order chi connectivity index (χ0) is 12.4. The molecule has 0 spiro atoms. The second-order valence-corrected chi connectivity index (χ2v) is 3.66. The molecule has 1 aromatic heterocycles. The van der Waals surface area contributed by atoms with Crippen LogP contribution in [0.3, 0.4) is 0 Å². The van der Waals surface area contributed by atoms with E-state index >= 15 is 0 Å². The van der Waals surface area contributed by atoms with Gasteiger partial charge in [0.15, 0.2) is 10.7 Å². The molecule has 0 aliphatic rings. The number of amidine groups is 1. The zero-order valence-corrected chi connectivity index (χ0v) is 9.09. The Bertz CT molecular complexity index is 607. The number of aromatic nitrogens is 1. The lowest BCUT2D eigenvalue weighted by molar-refractivity contribution is -0.355. The number of rotatable bonds is 2. The Morgan fingerprint density at radius 1 is 1.65 bits per heavy atom. The Morgan fingerprint density at radius 2 is 2.41 bits per heavy atom. The van der Waals surface area contributed by atoms with Gasteiger partial charge in [-0.3, -0.25) is 0 Å². The molecule has 0 radical (unpaired) electrons. The first-order valence-electron chi connectivity index (χ1n) is 4.51. The van der Waals surface area contributed by atoms with Gasteiger partial charge in [0.2, 0.25) is 0 Å². The first-order chi connectivity index (χ1) is 8.11. The maximum Gasteiger partial charge on any atom is 0.391 e. The number of nitrogens with zero attached hydrogens (tertiary/aromatic N) is 3. The minimum absolute atomic E-state index is 0.239. The van der Waals surface area contributed by atoms with Crippen LogP contribution in [0.4, 0.5) is 0 Å². The van der Waals surface area contributed by atoms with Gasteiger partial charge in [-0.05, 0) is 23.1 Å². The van der Waals surface area contributed by atoms with Gasteiger partial charge in [-0.25, -0.2) is 0 Å². The SMILES string of the molecule is O=[N+]([O-])/C(Cc1noc2ccc(Cl)cc12)=N\O. The number of benzene rings is 1. The van der Waals surface area contributed by atoms with Crippen molar-refractivity contribution in [1.82, 2.24) is 5.16 Å². The van der Waals surface area contributed by atoms with Gasteiger partial charge in [-0.15, -0.1) is 0 Å². The normalized spacial score (nSPS) is 11.9. The molecule has 8 heteroatoms. The van der Waals surface area contributed by atoms with E-state index < -0.39 is 10.8 Å². The van der Waals surface area contributed by atoms with E-state index in [4.69, 9.17) is 21.3 Å². The van der Waals surface area contributed by atoms with Gasteiger partial charge in [0.1, 0.15) is 12.1 Å². The van der Waals surface area contributed by atoms with Gasteiger partial charge in [-0.1, -0.05) is 16.8 Å². The summed E-state index contributed by atoms with van der Waals surface area (Å²) in [5.41, 5.74) is 0.761. The molecule has 1 aromatic carbocycles. The molecule has 0 atom stereocenters. The summed E-state index contributed by atoms with van der Waals surface area (Å²) in [5, 5.41) is 26.3. The van der Waals surface area contributed by atoms with Gasteiger partial charge < -0.3 is 19.8 Å². The Morgan fingerprint density at radius 3 is 3.06 bits per heavy atom. The van der Waals surface area contributed by atoms with E-state index in [0.717, 1.165) is 0 Å². The standard InChI is InChI=1S/C9H6ClN3O4/c10-5-1-2-8-6(3-5)7(12-17-8)4-9(11-14)13(15)16/h1-3,14H,4H2/b11-9-. The van der Waals surface area contributed by atoms with Crippen molar-refractivity contribution in [3.05, 3.63) is 39.0 Å². The third kappa shape index (κ3) is 2.18. The molecule has 7 nitrogen and oxygen atoms in total. The molecule has 2 aromatic rings. The van der Waals surface area contributed by atoms with Crippen molar-refractivity contribution in [3.63, 3.8) is 0 Å². The van der Waals surface area contributed by atoms with Crippen LogP contribution in [0.15, 0.2) is 27.9 Å². The molecular formula is C9H6ClN3O4. The van der Waals surface area contributed by atoms with Gasteiger partial charge in [0.05, 0.1) is 0 Å². The predicted octanol–water partition coefficient (Wildman–Crippen LogP) is 2.09. The van der Waals surface area contributed by atoms with E-state index in [-0.39, 0.29) is 6.42 Å². The molecule has 0 saturated carbocycles. The number of hydrogen-bond donors (Lipinski definition) is 1. The molecule has 0 saturated heterocycles. The molecular weight excluding hydrogens is 250 g/mol. The average molecular weight is 256 g/mol. The maximum absolute atomic E-state index is 10.5. The highest BCUT2D eigenvalue weighted by Gasteiger charge is 2.19. The lowest BCUT2D eigenvalue weighted by Gasteiger charge is -1.94. The van der Waals surface area contributed by atoms with Gasteiger partial charge >= 0.3 is 5.84 Å². The van der Waals surface area contributed by atoms with Crippen LogP contribution in [0.5, 0.6) is 0 Å². The second-order valence-electron chi connectivity index (χ2n) is 3.22. The topological polar surface area (TPSA) is 102 Å². The molecule has 1 N–H and O–H groups in total. The van der Waals surface area contributed by atoms with Crippen molar-refractivity contribution >= 4 is 28.4 Å². The minimum atomic E-state index is -0.787. The Kier molecular flexibility index (Phi) is 2.92. The van der Waals surface area contributed by atoms with Gasteiger partial charge in [-0.2, -0.15) is 0 Å². The van der Waals surface area contributed by atoms with E-state index in [1.165, 1.54) is 0 Å². The van der Waals surface area contributed by atoms with Crippen LogP contribution in [-0.2, 0) is 6.42 Å². The summed E-state index contributed by atoms with van der Waals surface area (Å²) in [5.74, 6) is -0.611. The van der Waals surface area contributed by atoms with Crippen molar-refractivity contribution < 1.29 is 14.7 Å². The summed E-state index contributed by atoms with van der Waals surface area (Å²) in [6, 6.07) is 4.81. The average Bonchev–Trinajstić information content (AvgIpc) is 2.68. The fourth-order valence-corrected chi connectivity index (χ4v) is 1.55. The summed E-state index contributed by atoms with van der Waals surface area (Å²) in [6.07, 6.45) is -0.239. The Hall–Kier alpha value is -2.15. The van der Waals surface area contributed by atoms with Crippen LogP contribution in [0, 0.1) is 10.1 Å². The first kappa shape index (κ1) is 11.3. The lowest BCUT2D eigenvalue weighted by Crippen LogP contribution is -2.15. The largest absolute Gasteiger partial charge is 0.391 e. The van der Waals surface area contributed by atoms with Crippen LogP contribution in [-0.4, -0.2) is 21.1 Å². The number of hydrogen-bond acceptors (Lipinski definition) is 6. The summed E-state index contributed by atoms with van der Waals surface area (Å²) in [4.78, 5) is 9.70. The van der Waals surface area contributed by atoms with Gasteiger partial charge in [0, 0.05) is 10.4 Å². The van der Waals surface area contributed by atoms with E-state index in [1.807, 2.05) is 0 Å². The molecule has 0 unspecified atom stereocenters. The summed E-state index contributed by atoms with van der Waals surface area (Å²) in [7, 11) is 0. The van der Waals surface area contributed by atoms with Crippen LogP contribution in [0.1, 0.15) is 5.69 Å². The number of nitro groups is 1. The van der Waals surface area contributed by atoms with Crippen LogP contribution in [0.25, 0.3) is 11.0 Å². The van der Waals surface area contributed by atoms with Crippen molar-refractivity contribution in [2.24, 2.45) is 5.16 Å². The van der Waals surface area contributed by atoms with Crippen molar-refractivity contribution in [2.45, 2.75) is 6.42 Å². The Balaban J connectivity index is 2.43. The zero-order valence-electron chi connectivity index (χ0n) is 8.33. The number of oxime groups is 1. The molecule has 88 valence electrons. The van der Waals surface area contributed by atoms with Gasteiger partial charge in [0.25, 0.3) is 0 Å². The molecule has 0 amide bonds. The molecule has 2 rings (SSSR count). The molecule has 0 aliphatic heterocycles. The van der Waals surface area contributed by atoms with Crippen molar-refractivity contribution in [1.29, 1.82) is 0 Å². The highest BCUT2D eigenvalue weighted by atomic mass is 35.5. The van der Waals surface area contributed by atoms with E-state index in [0.29, 0.717) is 21.7 Å². The van der Waals surface area contributed by atoms with Crippen LogP contribution >= 0.6 is 11.6 Å². The second kappa shape index (κ2) is 4.38. The Labute approximate surface area is 99.4 Å². The highest BCUT2D eigenvalue weighted by molar-refractivity contribution is 6.31. The highest BCUT2D eigenvalue weighted by Crippen LogP contribution is 2.23. The number of halogens is 1. The van der Waals surface area contributed by atoms with E-state index in [9.17, 15) is 10.1 Å². The monoisotopic (exact) mass is 255 g/mol. The molecule has 0 aliphatic carbocycles. The van der Waals surface area contributed by atoms with Crippen LogP contribution in [0.2, 0.25) is 5.02 Å². The maximum atomic E-state index is 10.5. The number of fused-ring (bicyclic) bond motifs is 1. The summed E-state index contributed by atoms with van der Waals surface area (Å²) >= 11 is 5.80. The molecule has 0 fully saturated rings. The molecule has 1 heterocycles. The van der Waals surface area contributed by atoms with Crippen molar-refractivity contribution in [2.75, 3.05) is 0 Å². The third-order valence-electron chi connectivity index (χ3n) is 2.16. The van der Waals surface area contributed by atoms with E-state index in [2.05, 4.69) is 10.3 Å². The smallest absolute Gasteiger partial charge is 0.358 e. The fraction of sp³-hybridized carbons (Fsp3) is 0.111. The minimum Gasteiger partial charge on any atom is -0.358 e. The predicted molar refractivity (Wildman–Crippen MR) is 58.9 cm³/mol. The quantitative estimate of drug-likeness (QED) is 0.291. The van der Waals surface area contributed by atoms with Crippen molar-refractivity contribution in [3.8, 4) is 0 Å². The lowest BCUT2D eigenvalue weighted by atomic mass is 10.1. The molecule has 0 bridgehead atoms. The first-order valence-corrected chi connectivity index (χ1v) is 4.88. The van der Waals surface area contributed by atoms with E-state index in [1.54, 1.807) is 18.2 Å². The summed E-state index contributed by atoms with van der Waals surface area (Å²) < 4.78 is 4.96.